The van der Waals surface area contributed by atoms with Crippen LogP contribution in [-0.4, -0.2) is 6.04 Å². The molecule has 1 rings (SSSR count). The van der Waals surface area contributed by atoms with Gasteiger partial charge in [-0.15, -0.1) is 0 Å². The van der Waals surface area contributed by atoms with E-state index in [9.17, 15) is 4.91 Å². The van der Waals surface area contributed by atoms with Crippen LogP contribution in [0.2, 0.25) is 0 Å². The van der Waals surface area contributed by atoms with Gasteiger partial charge in [0.1, 0.15) is 0 Å². The lowest BCUT2D eigenvalue weighted by atomic mass is 10.2. The number of nitrogens with zero attached hydrogens (tertiary/aromatic N) is 1. The van der Waals surface area contributed by atoms with Crippen molar-refractivity contribution in [1.29, 1.82) is 0 Å². The van der Waals surface area contributed by atoms with Gasteiger partial charge in [0.15, 0.2) is 0 Å². The Morgan fingerprint density at radius 3 is 2.89 bits per heavy atom. The third-order valence-corrected chi connectivity index (χ3v) is 1.95. The molecule has 0 amide bonds. The highest BCUT2D eigenvalue weighted by atomic mass is 16.3. The molecule has 9 heavy (non-hydrogen) atoms. The summed E-state index contributed by atoms with van der Waals surface area (Å²) < 4.78 is 0. The van der Waals surface area contributed by atoms with Gasteiger partial charge in [-0.1, -0.05) is 24.9 Å². The minimum absolute atomic E-state index is 0.191. The summed E-state index contributed by atoms with van der Waals surface area (Å²) in [6, 6.07) is 0.191. The van der Waals surface area contributed by atoms with Crippen molar-refractivity contribution in [2.45, 2.75) is 38.6 Å². The summed E-state index contributed by atoms with van der Waals surface area (Å²) in [5.74, 6) is 0.655. The standard InChI is InChI=1S/C7H13NO/c1-2-3-4-6-5-7(6)8-9/h6-7H,2-5H2,1H3. The van der Waals surface area contributed by atoms with Crippen LogP contribution in [0.25, 0.3) is 0 Å². The van der Waals surface area contributed by atoms with Crippen LogP contribution in [0.1, 0.15) is 32.6 Å². The first-order chi connectivity index (χ1) is 4.38. The lowest BCUT2D eigenvalue weighted by molar-refractivity contribution is 0.637. The summed E-state index contributed by atoms with van der Waals surface area (Å²) in [5.41, 5.74) is 0. The van der Waals surface area contributed by atoms with E-state index in [1.54, 1.807) is 0 Å². The zero-order chi connectivity index (χ0) is 6.69. The summed E-state index contributed by atoms with van der Waals surface area (Å²) >= 11 is 0. The second kappa shape index (κ2) is 2.95. The SMILES string of the molecule is CCCCC1CC1N=O. The van der Waals surface area contributed by atoms with Crippen molar-refractivity contribution in [1.82, 2.24) is 0 Å². The third kappa shape index (κ3) is 1.77. The van der Waals surface area contributed by atoms with Crippen LogP contribution in [-0.2, 0) is 0 Å². The smallest absolute Gasteiger partial charge is 0.0952 e. The van der Waals surface area contributed by atoms with Gasteiger partial charge in [-0.25, -0.2) is 0 Å². The van der Waals surface area contributed by atoms with E-state index in [4.69, 9.17) is 0 Å². The van der Waals surface area contributed by atoms with E-state index in [1.165, 1.54) is 19.3 Å². The highest BCUT2D eigenvalue weighted by Gasteiger charge is 2.37. The second-order valence-electron chi connectivity index (χ2n) is 2.81. The van der Waals surface area contributed by atoms with Crippen molar-refractivity contribution in [2.75, 3.05) is 0 Å². The third-order valence-electron chi connectivity index (χ3n) is 1.95. The van der Waals surface area contributed by atoms with Crippen molar-refractivity contribution < 1.29 is 0 Å². The van der Waals surface area contributed by atoms with Crippen molar-refractivity contribution in [3.63, 3.8) is 0 Å². The molecule has 0 aromatic heterocycles. The number of nitroso groups, excluding NO2 is 1. The first-order valence-corrected chi connectivity index (χ1v) is 3.71. The molecular formula is C7H13NO. The fraction of sp³-hybridized carbons (Fsp3) is 1.00. The van der Waals surface area contributed by atoms with E-state index >= 15 is 0 Å². The molecule has 1 aliphatic rings. The average Bonchev–Trinajstić information content (AvgIpc) is 2.62. The minimum atomic E-state index is 0.191. The topological polar surface area (TPSA) is 29.4 Å². The molecule has 0 saturated heterocycles. The fourth-order valence-electron chi connectivity index (χ4n) is 1.14. The summed E-state index contributed by atoms with van der Waals surface area (Å²) in [6.45, 7) is 2.17. The maximum absolute atomic E-state index is 9.89. The van der Waals surface area contributed by atoms with E-state index in [1.807, 2.05) is 0 Å². The Bertz CT molecular complexity index is 103. The lowest BCUT2D eigenvalue weighted by Crippen LogP contribution is -1.82. The van der Waals surface area contributed by atoms with E-state index in [2.05, 4.69) is 12.1 Å². The molecule has 0 spiro atoms. The molecule has 1 fully saturated rings. The van der Waals surface area contributed by atoms with E-state index in [0.717, 1.165) is 6.42 Å². The van der Waals surface area contributed by atoms with Gasteiger partial charge >= 0.3 is 0 Å². The molecule has 0 N–H and O–H groups in total. The average molecular weight is 127 g/mol. The quantitative estimate of drug-likeness (QED) is 0.533. The highest BCUT2D eigenvalue weighted by Crippen LogP contribution is 2.37. The molecule has 2 nitrogen and oxygen atoms in total. The van der Waals surface area contributed by atoms with E-state index in [-0.39, 0.29) is 6.04 Å². The van der Waals surface area contributed by atoms with Crippen LogP contribution in [0, 0.1) is 10.8 Å². The molecule has 2 unspecified atom stereocenters. The summed E-state index contributed by atoms with van der Waals surface area (Å²) in [7, 11) is 0. The Kier molecular flexibility index (Phi) is 2.20. The minimum Gasteiger partial charge on any atom is -0.151 e. The van der Waals surface area contributed by atoms with Crippen LogP contribution in [0.3, 0.4) is 0 Å². The zero-order valence-electron chi connectivity index (χ0n) is 5.84. The Morgan fingerprint density at radius 1 is 1.67 bits per heavy atom. The molecule has 2 heteroatoms. The van der Waals surface area contributed by atoms with Gasteiger partial charge in [-0.05, 0) is 18.8 Å². The van der Waals surface area contributed by atoms with Gasteiger partial charge in [-0.3, -0.25) is 0 Å². The predicted molar refractivity (Wildman–Crippen MR) is 37.2 cm³/mol. The first kappa shape index (κ1) is 6.72. The molecule has 0 aliphatic heterocycles. The van der Waals surface area contributed by atoms with Crippen molar-refractivity contribution >= 4 is 0 Å². The van der Waals surface area contributed by atoms with E-state index in [0.29, 0.717) is 5.92 Å². The maximum Gasteiger partial charge on any atom is 0.0952 e. The molecule has 1 saturated carbocycles. The summed E-state index contributed by atoms with van der Waals surface area (Å²) in [5, 5.41) is 2.98. The number of unbranched alkanes of at least 4 members (excludes halogenated alkanes) is 1. The van der Waals surface area contributed by atoms with Crippen LogP contribution in [0.4, 0.5) is 0 Å². The first-order valence-electron chi connectivity index (χ1n) is 3.71. The van der Waals surface area contributed by atoms with Crippen LogP contribution in [0.15, 0.2) is 5.18 Å². The van der Waals surface area contributed by atoms with Crippen molar-refractivity contribution in [3.05, 3.63) is 4.91 Å². The van der Waals surface area contributed by atoms with Crippen LogP contribution in [0.5, 0.6) is 0 Å². The molecule has 52 valence electrons. The van der Waals surface area contributed by atoms with Crippen LogP contribution < -0.4 is 0 Å². The van der Waals surface area contributed by atoms with Gasteiger partial charge in [-0.2, -0.15) is 4.91 Å². The monoisotopic (exact) mass is 127 g/mol. The second-order valence-corrected chi connectivity index (χ2v) is 2.81. The Balaban J connectivity index is 1.98. The summed E-state index contributed by atoms with van der Waals surface area (Å²) in [4.78, 5) is 9.89. The largest absolute Gasteiger partial charge is 0.151 e. The maximum atomic E-state index is 9.89. The Morgan fingerprint density at radius 2 is 2.44 bits per heavy atom. The zero-order valence-corrected chi connectivity index (χ0v) is 5.84. The Labute approximate surface area is 55.6 Å². The van der Waals surface area contributed by atoms with Gasteiger partial charge in [0.25, 0.3) is 0 Å². The molecular weight excluding hydrogens is 114 g/mol. The molecule has 0 heterocycles. The van der Waals surface area contributed by atoms with Gasteiger partial charge in [0, 0.05) is 0 Å². The normalized spacial score (nSPS) is 32.1. The molecule has 1 aliphatic carbocycles. The number of hydrogen-bond acceptors (Lipinski definition) is 2. The predicted octanol–water partition coefficient (Wildman–Crippen LogP) is 2.33. The molecule has 2 atom stereocenters. The van der Waals surface area contributed by atoms with Crippen molar-refractivity contribution in [3.8, 4) is 0 Å². The van der Waals surface area contributed by atoms with Gasteiger partial charge in [0.2, 0.25) is 0 Å². The molecule has 0 aromatic carbocycles. The molecule has 0 bridgehead atoms. The Hall–Kier alpha value is -0.400. The molecule has 0 aromatic rings. The number of rotatable bonds is 4. The highest BCUT2D eigenvalue weighted by molar-refractivity contribution is 4.92. The van der Waals surface area contributed by atoms with E-state index < -0.39 is 0 Å². The van der Waals surface area contributed by atoms with Gasteiger partial charge < -0.3 is 0 Å². The molecule has 0 radical (unpaired) electrons. The fourth-order valence-corrected chi connectivity index (χ4v) is 1.14. The summed E-state index contributed by atoms with van der Waals surface area (Å²) in [6.07, 6.45) is 4.77. The lowest BCUT2D eigenvalue weighted by Gasteiger charge is -1.90. The number of hydrogen-bond donors (Lipinski definition) is 0. The van der Waals surface area contributed by atoms with Gasteiger partial charge in [0.05, 0.1) is 6.04 Å². The van der Waals surface area contributed by atoms with Crippen molar-refractivity contribution in [2.24, 2.45) is 11.1 Å². The van der Waals surface area contributed by atoms with Crippen LogP contribution >= 0.6 is 0 Å².